The van der Waals surface area contributed by atoms with Gasteiger partial charge in [-0.25, -0.2) is 4.31 Å². The Morgan fingerprint density at radius 1 is 1.27 bits per heavy atom. The van der Waals surface area contributed by atoms with Crippen LogP contribution in [-0.2, 0) is 6.54 Å². The Balaban J connectivity index is 0.000000531. The lowest BCUT2D eigenvalue weighted by Crippen LogP contribution is -2.00. The van der Waals surface area contributed by atoms with Crippen LogP contribution in [0, 0.1) is 0 Å². The van der Waals surface area contributed by atoms with Crippen molar-refractivity contribution in [3.8, 4) is 0 Å². The van der Waals surface area contributed by atoms with Crippen LogP contribution in [0.2, 0.25) is 0 Å². The van der Waals surface area contributed by atoms with Crippen LogP contribution in [0.5, 0.6) is 0 Å². The van der Waals surface area contributed by atoms with Gasteiger partial charge in [-0.2, -0.15) is 0 Å². The molecule has 1 aromatic carbocycles. The maximum atomic E-state index is 2.34. The average molecular weight is 223 g/mol. The molecule has 0 N–H and O–H groups in total. The van der Waals surface area contributed by atoms with Crippen molar-refractivity contribution < 1.29 is 0 Å². The molecule has 0 saturated carbocycles. The van der Waals surface area contributed by atoms with Crippen molar-refractivity contribution in [1.82, 2.24) is 4.31 Å². The van der Waals surface area contributed by atoms with Crippen molar-refractivity contribution in [1.29, 1.82) is 0 Å². The summed E-state index contributed by atoms with van der Waals surface area (Å²) in [6.07, 6.45) is 0. The van der Waals surface area contributed by atoms with E-state index in [9.17, 15) is 0 Å². The van der Waals surface area contributed by atoms with Gasteiger partial charge >= 0.3 is 0 Å². The fourth-order valence-corrected chi connectivity index (χ4v) is 2.52. The lowest BCUT2D eigenvalue weighted by atomic mass is 10.0. The fraction of sp³-hybridized carbons (Fsp3) is 0.538. The van der Waals surface area contributed by atoms with E-state index in [1.54, 1.807) is 0 Å². The Labute approximate surface area is 98.0 Å². The van der Waals surface area contributed by atoms with E-state index in [0.29, 0.717) is 5.92 Å². The monoisotopic (exact) mass is 223 g/mol. The van der Waals surface area contributed by atoms with Gasteiger partial charge in [0, 0.05) is 11.4 Å². The number of hydrogen-bond donors (Lipinski definition) is 0. The van der Waals surface area contributed by atoms with Gasteiger partial charge in [-0.3, -0.25) is 0 Å². The van der Waals surface area contributed by atoms with Crippen molar-refractivity contribution in [2.45, 2.75) is 45.1 Å². The first kappa shape index (κ1) is 12.6. The molecule has 0 amide bonds. The van der Waals surface area contributed by atoms with Crippen LogP contribution in [0.1, 0.15) is 44.7 Å². The van der Waals surface area contributed by atoms with Crippen LogP contribution in [0.3, 0.4) is 0 Å². The third kappa shape index (κ3) is 2.99. The second kappa shape index (κ2) is 5.57. The predicted octanol–water partition coefficient (Wildman–Crippen LogP) is 4.29. The molecule has 0 saturated heterocycles. The zero-order valence-corrected chi connectivity index (χ0v) is 11.2. The summed E-state index contributed by atoms with van der Waals surface area (Å²) in [4.78, 5) is 1.42. The highest BCUT2D eigenvalue weighted by molar-refractivity contribution is 7.97. The molecular weight excluding hydrogens is 202 g/mol. The molecule has 1 aromatic rings. The van der Waals surface area contributed by atoms with Crippen LogP contribution < -0.4 is 0 Å². The fourth-order valence-electron chi connectivity index (χ4n) is 1.61. The maximum absolute atomic E-state index is 2.34. The van der Waals surface area contributed by atoms with E-state index in [-0.39, 0.29) is 0 Å². The first-order valence-corrected chi connectivity index (χ1v) is 6.46. The lowest BCUT2D eigenvalue weighted by Gasteiger charge is -2.06. The van der Waals surface area contributed by atoms with Crippen molar-refractivity contribution in [3.05, 3.63) is 29.3 Å². The first-order chi connectivity index (χ1) is 7.16. The Kier molecular flexibility index (Phi) is 4.68. The summed E-state index contributed by atoms with van der Waals surface area (Å²) >= 11 is 1.84. The topological polar surface area (TPSA) is 3.24 Å². The molecule has 1 aliphatic rings. The molecule has 2 rings (SSSR count). The molecule has 1 aliphatic heterocycles. The van der Waals surface area contributed by atoms with Crippen molar-refractivity contribution in [2.75, 3.05) is 7.05 Å². The second-order valence-corrected chi connectivity index (χ2v) is 5.14. The number of nitrogens with zero attached hydrogens (tertiary/aromatic N) is 1. The van der Waals surface area contributed by atoms with E-state index < -0.39 is 0 Å². The molecule has 0 radical (unpaired) electrons. The third-order valence-corrected chi connectivity index (χ3v) is 3.43. The number of hydrogen-bond acceptors (Lipinski definition) is 2. The normalized spacial score (nSPS) is 14.8. The van der Waals surface area contributed by atoms with Gasteiger partial charge in [0.05, 0.1) is 0 Å². The van der Waals surface area contributed by atoms with Gasteiger partial charge in [0.25, 0.3) is 0 Å². The van der Waals surface area contributed by atoms with Crippen LogP contribution in [0.25, 0.3) is 0 Å². The molecule has 0 atom stereocenters. The highest BCUT2D eigenvalue weighted by Gasteiger charge is 2.16. The average Bonchev–Trinajstić information content (AvgIpc) is 2.59. The highest BCUT2D eigenvalue weighted by Crippen LogP contribution is 2.35. The Bertz CT molecular complexity index is 320. The Hall–Kier alpha value is -0.470. The SMILES string of the molecule is CC.CC(C)c1ccc2c(c1)CN(C)S2. The quantitative estimate of drug-likeness (QED) is 0.653. The molecule has 1 nitrogen and oxygen atoms in total. The van der Waals surface area contributed by atoms with Gasteiger partial charge in [0.15, 0.2) is 0 Å². The van der Waals surface area contributed by atoms with Gasteiger partial charge in [-0.1, -0.05) is 39.8 Å². The smallest absolute Gasteiger partial charge is 0.0352 e. The molecule has 0 aromatic heterocycles. The zero-order valence-electron chi connectivity index (χ0n) is 10.4. The summed E-state index contributed by atoms with van der Waals surface area (Å²) in [5.41, 5.74) is 2.94. The second-order valence-electron chi connectivity index (χ2n) is 3.90. The molecule has 15 heavy (non-hydrogen) atoms. The third-order valence-electron chi connectivity index (χ3n) is 2.40. The van der Waals surface area contributed by atoms with Crippen molar-refractivity contribution in [2.24, 2.45) is 0 Å². The van der Waals surface area contributed by atoms with Crippen molar-refractivity contribution in [3.63, 3.8) is 0 Å². The van der Waals surface area contributed by atoms with Crippen LogP contribution in [-0.4, -0.2) is 11.4 Å². The molecule has 0 unspecified atom stereocenters. The summed E-state index contributed by atoms with van der Waals surface area (Å²) in [6.45, 7) is 9.57. The van der Waals surface area contributed by atoms with E-state index in [2.05, 4.69) is 43.4 Å². The maximum Gasteiger partial charge on any atom is 0.0352 e. The van der Waals surface area contributed by atoms with Gasteiger partial charge < -0.3 is 0 Å². The molecule has 0 fully saturated rings. The first-order valence-electron chi connectivity index (χ1n) is 5.69. The van der Waals surface area contributed by atoms with E-state index in [0.717, 1.165) is 6.54 Å². The summed E-state index contributed by atoms with van der Waals surface area (Å²) in [5.74, 6) is 0.640. The highest BCUT2D eigenvalue weighted by atomic mass is 32.2. The number of rotatable bonds is 1. The van der Waals surface area contributed by atoms with Gasteiger partial charge in [-0.05, 0) is 42.1 Å². The standard InChI is InChI=1S/C11H15NS.C2H6/c1-8(2)9-4-5-11-10(6-9)7-12(3)13-11;1-2/h4-6,8H,7H2,1-3H3;1-2H3. The molecule has 2 heteroatoms. The Morgan fingerprint density at radius 2 is 1.93 bits per heavy atom. The molecule has 0 bridgehead atoms. The zero-order chi connectivity index (χ0) is 11.4. The minimum Gasteiger partial charge on any atom is -0.245 e. The van der Waals surface area contributed by atoms with E-state index in [1.165, 1.54) is 16.0 Å². The van der Waals surface area contributed by atoms with Gasteiger partial charge in [0.2, 0.25) is 0 Å². The Morgan fingerprint density at radius 3 is 2.53 bits per heavy atom. The minimum absolute atomic E-state index is 0.640. The molecule has 84 valence electrons. The summed E-state index contributed by atoms with van der Waals surface area (Å²) in [5, 5.41) is 0. The molecule has 0 aliphatic carbocycles. The number of benzene rings is 1. The van der Waals surface area contributed by atoms with E-state index in [1.807, 2.05) is 25.8 Å². The van der Waals surface area contributed by atoms with Crippen LogP contribution >= 0.6 is 11.9 Å². The molecule has 0 spiro atoms. The van der Waals surface area contributed by atoms with Gasteiger partial charge in [0.1, 0.15) is 0 Å². The molecular formula is C13H21NS. The number of fused-ring (bicyclic) bond motifs is 1. The summed E-state index contributed by atoms with van der Waals surface area (Å²) in [6, 6.07) is 6.84. The molecule has 1 heterocycles. The summed E-state index contributed by atoms with van der Waals surface area (Å²) < 4.78 is 2.27. The van der Waals surface area contributed by atoms with Gasteiger partial charge in [-0.15, -0.1) is 0 Å². The summed E-state index contributed by atoms with van der Waals surface area (Å²) in [7, 11) is 2.14. The van der Waals surface area contributed by atoms with Crippen LogP contribution in [0.15, 0.2) is 23.1 Å². The van der Waals surface area contributed by atoms with Crippen molar-refractivity contribution >= 4 is 11.9 Å². The minimum atomic E-state index is 0.640. The van der Waals surface area contributed by atoms with E-state index in [4.69, 9.17) is 0 Å². The van der Waals surface area contributed by atoms with E-state index >= 15 is 0 Å². The predicted molar refractivity (Wildman–Crippen MR) is 69.2 cm³/mol. The van der Waals surface area contributed by atoms with Crippen LogP contribution in [0.4, 0.5) is 0 Å². The lowest BCUT2D eigenvalue weighted by molar-refractivity contribution is 0.581. The largest absolute Gasteiger partial charge is 0.245 e.